The average Bonchev–Trinajstić information content (AvgIpc) is 2.65. The number of hydrogen-bond acceptors (Lipinski definition) is 9. The highest BCUT2D eigenvalue weighted by Gasteiger charge is 2.21. The van der Waals surface area contributed by atoms with E-state index in [4.69, 9.17) is 10.5 Å². The Kier molecular flexibility index (Phi) is 6.24. The molecule has 3 rings (SSSR count). The molecule has 2 aromatic rings. The van der Waals surface area contributed by atoms with E-state index in [2.05, 4.69) is 36.1 Å². The lowest BCUT2D eigenvalue weighted by Crippen LogP contribution is -2.38. The van der Waals surface area contributed by atoms with E-state index in [-0.39, 0.29) is 0 Å². The number of methoxy groups -OCH3 is 1. The number of hydrogen-bond donors (Lipinski definition) is 2. The lowest BCUT2D eigenvalue weighted by Gasteiger charge is -2.32. The summed E-state index contributed by atoms with van der Waals surface area (Å²) in [5.74, 6) is 1.70. The normalized spacial score (nSPS) is 13.0. The lowest BCUT2D eigenvalue weighted by atomic mass is 10.2. The van der Waals surface area contributed by atoms with Crippen molar-refractivity contribution in [3.05, 3.63) is 23.9 Å². The highest BCUT2D eigenvalue weighted by atomic mass is 16.5. The highest BCUT2D eigenvalue weighted by molar-refractivity contribution is 5.79. The standard InChI is InChI=1S/C20H28N8O/c1-26(2)8-9-27(3)17-11-18(29-4)16(10-15(17)22)24-20-23-13-14(12-21)19(25-20)28-6-5-7-28/h10-11,13H,5-9,22H2,1-4H3,(H,23,24,25). The number of nitrogens with one attached hydrogen (secondary N) is 1. The number of nitriles is 1. The molecule has 0 bridgehead atoms. The van der Waals surface area contributed by atoms with Crippen molar-refractivity contribution in [3.8, 4) is 11.8 Å². The van der Waals surface area contributed by atoms with Gasteiger partial charge in [-0.1, -0.05) is 0 Å². The molecule has 1 aromatic heterocycles. The number of benzene rings is 1. The number of likely N-dealkylation sites (N-methyl/N-ethyl adjacent to an activating group) is 2. The zero-order chi connectivity index (χ0) is 21.0. The fourth-order valence-electron chi connectivity index (χ4n) is 3.05. The van der Waals surface area contributed by atoms with Gasteiger partial charge in [-0.2, -0.15) is 10.2 Å². The van der Waals surface area contributed by atoms with E-state index in [9.17, 15) is 5.26 Å². The van der Waals surface area contributed by atoms with Crippen LogP contribution in [0.2, 0.25) is 0 Å². The van der Waals surface area contributed by atoms with E-state index in [1.807, 2.05) is 33.3 Å². The van der Waals surface area contributed by atoms with Crippen molar-refractivity contribution in [2.75, 3.05) is 75.3 Å². The largest absolute Gasteiger partial charge is 0.494 e. The van der Waals surface area contributed by atoms with Crippen LogP contribution in [0.4, 0.5) is 28.8 Å². The fourth-order valence-corrected chi connectivity index (χ4v) is 3.05. The fraction of sp³-hybridized carbons (Fsp3) is 0.450. The zero-order valence-electron chi connectivity index (χ0n) is 17.4. The molecule has 0 unspecified atom stereocenters. The van der Waals surface area contributed by atoms with Crippen LogP contribution in [0.25, 0.3) is 0 Å². The number of nitrogens with two attached hydrogens (primary N) is 1. The zero-order valence-corrected chi connectivity index (χ0v) is 17.4. The summed E-state index contributed by atoms with van der Waals surface area (Å²) in [6.45, 7) is 3.55. The van der Waals surface area contributed by atoms with Crippen LogP contribution in [-0.2, 0) is 0 Å². The lowest BCUT2D eigenvalue weighted by molar-refractivity contribution is 0.413. The van der Waals surface area contributed by atoms with Gasteiger partial charge in [-0.15, -0.1) is 0 Å². The van der Waals surface area contributed by atoms with Crippen molar-refractivity contribution in [2.45, 2.75) is 6.42 Å². The summed E-state index contributed by atoms with van der Waals surface area (Å²) in [7, 11) is 7.70. The minimum atomic E-state index is 0.400. The molecule has 1 fully saturated rings. The summed E-state index contributed by atoms with van der Waals surface area (Å²) < 4.78 is 5.57. The van der Waals surface area contributed by atoms with Crippen molar-refractivity contribution >= 4 is 28.8 Å². The predicted molar refractivity (Wildman–Crippen MR) is 116 cm³/mol. The van der Waals surface area contributed by atoms with Gasteiger partial charge in [0.2, 0.25) is 5.95 Å². The number of anilines is 5. The molecule has 3 N–H and O–H groups in total. The molecule has 1 aliphatic rings. The van der Waals surface area contributed by atoms with Crippen LogP contribution in [0.1, 0.15) is 12.0 Å². The Morgan fingerprint density at radius 1 is 1.28 bits per heavy atom. The third-order valence-corrected chi connectivity index (χ3v) is 4.93. The Hall–Kier alpha value is -3.25. The first-order chi connectivity index (χ1) is 13.9. The van der Waals surface area contributed by atoms with Gasteiger partial charge in [0.1, 0.15) is 17.4 Å². The number of aromatic nitrogens is 2. The molecule has 29 heavy (non-hydrogen) atoms. The van der Waals surface area contributed by atoms with Crippen molar-refractivity contribution in [1.29, 1.82) is 5.26 Å². The second-order valence-electron chi connectivity index (χ2n) is 7.34. The van der Waals surface area contributed by atoms with E-state index >= 15 is 0 Å². The van der Waals surface area contributed by atoms with Gasteiger partial charge in [-0.3, -0.25) is 0 Å². The van der Waals surface area contributed by atoms with E-state index < -0.39 is 0 Å². The van der Waals surface area contributed by atoms with Crippen LogP contribution in [0, 0.1) is 11.3 Å². The van der Waals surface area contributed by atoms with Gasteiger partial charge < -0.3 is 30.5 Å². The molecule has 0 atom stereocenters. The van der Waals surface area contributed by atoms with Crippen molar-refractivity contribution in [2.24, 2.45) is 0 Å². The summed E-state index contributed by atoms with van der Waals surface area (Å²) in [6, 6.07) is 5.89. The minimum Gasteiger partial charge on any atom is -0.494 e. The summed E-state index contributed by atoms with van der Waals surface area (Å²) in [5.41, 5.74) is 8.99. The van der Waals surface area contributed by atoms with E-state index in [1.54, 1.807) is 13.3 Å². The first kappa shape index (κ1) is 20.5. The number of ether oxygens (including phenoxy) is 1. The smallest absolute Gasteiger partial charge is 0.229 e. The summed E-state index contributed by atoms with van der Waals surface area (Å²) in [4.78, 5) is 15.1. The van der Waals surface area contributed by atoms with Crippen LogP contribution in [-0.4, -0.2) is 69.3 Å². The quantitative estimate of drug-likeness (QED) is 0.647. The Labute approximate surface area is 171 Å². The van der Waals surface area contributed by atoms with Crippen LogP contribution >= 0.6 is 0 Å². The molecule has 0 saturated carbocycles. The number of nitrogens with zero attached hydrogens (tertiary/aromatic N) is 6. The van der Waals surface area contributed by atoms with Gasteiger partial charge in [0, 0.05) is 39.3 Å². The molecule has 9 nitrogen and oxygen atoms in total. The first-order valence-electron chi connectivity index (χ1n) is 9.55. The average molecular weight is 396 g/mol. The molecule has 0 amide bonds. The Morgan fingerprint density at radius 2 is 2.03 bits per heavy atom. The number of nitrogen functional groups attached to an aromatic ring is 1. The third-order valence-electron chi connectivity index (χ3n) is 4.93. The van der Waals surface area contributed by atoms with Crippen LogP contribution in [0.5, 0.6) is 5.75 Å². The molecule has 1 aliphatic heterocycles. The highest BCUT2D eigenvalue weighted by Crippen LogP contribution is 2.36. The van der Waals surface area contributed by atoms with E-state index in [0.29, 0.717) is 34.5 Å². The Balaban J connectivity index is 1.86. The maximum Gasteiger partial charge on any atom is 0.229 e. The van der Waals surface area contributed by atoms with Gasteiger partial charge >= 0.3 is 0 Å². The van der Waals surface area contributed by atoms with Crippen LogP contribution in [0.3, 0.4) is 0 Å². The first-order valence-corrected chi connectivity index (χ1v) is 9.55. The molecular weight excluding hydrogens is 368 g/mol. The van der Waals surface area contributed by atoms with Gasteiger partial charge in [0.25, 0.3) is 0 Å². The summed E-state index contributed by atoms with van der Waals surface area (Å²) >= 11 is 0. The molecule has 2 heterocycles. The van der Waals surface area contributed by atoms with Crippen molar-refractivity contribution in [3.63, 3.8) is 0 Å². The van der Waals surface area contributed by atoms with E-state index in [1.165, 1.54) is 0 Å². The predicted octanol–water partition coefficient (Wildman–Crippen LogP) is 1.89. The molecule has 0 aliphatic carbocycles. The SMILES string of the molecule is COc1cc(N(C)CCN(C)C)c(N)cc1Nc1ncc(C#N)c(N2CCC2)n1. The summed E-state index contributed by atoms with van der Waals surface area (Å²) in [5, 5.41) is 12.5. The second kappa shape index (κ2) is 8.84. The van der Waals surface area contributed by atoms with Crippen molar-refractivity contribution < 1.29 is 4.74 Å². The minimum absolute atomic E-state index is 0.400. The maximum atomic E-state index is 9.33. The molecule has 0 radical (unpaired) electrons. The van der Waals surface area contributed by atoms with Crippen LogP contribution in [0.15, 0.2) is 18.3 Å². The molecule has 154 valence electrons. The number of rotatable bonds is 8. The van der Waals surface area contributed by atoms with Gasteiger partial charge in [0.05, 0.1) is 30.4 Å². The van der Waals surface area contributed by atoms with Gasteiger partial charge in [-0.25, -0.2) is 4.98 Å². The Morgan fingerprint density at radius 3 is 2.62 bits per heavy atom. The second-order valence-corrected chi connectivity index (χ2v) is 7.34. The Bertz CT molecular complexity index is 904. The summed E-state index contributed by atoms with van der Waals surface area (Å²) in [6.07, 6.45) is 2.65. The molecule has 1 saturated heterocycles. The molecular formula is C20H28N8O. The van der Waals surface area contributed by atoms with Crippen molar-refractivity contribution in [1.82, 2.24) is 14.9 Å². The molecule has 1 aromatic carbocycles. The monoisotopic (exact) mass is 396 g/mol. The van der Waals surface area contributed by atoms with Crippen LogP contribution < -0.4 is 25.6 Å². The molecule has 9 heteroatoms. The third kappa shape index (κ3) is 4.60. The topological polar surface area (TPSA) is 107 Å². The van der Waals surface area contributed by atoms with Gasteiger partial charge in [-0.05, 0) is 26.6 Å². The molecule has 0 spiro atoms. The maximum absolute atomic E-state index is 9.33. The van der Waals surface area contributed by atoms with E-state index in [0.717, 1.165) is 38.3 Å². The van der Waals surface area contributed by atoms with Gasteiger partial charge in [0.15, 0.2) is 5.82 Å².